The van der Waals surface area contributed by atoms with Crippen LogP contribution in [0.3, 0.4) is 0 Å². The van der Waals surface area contributed by atoms with Crippen molar-refractivity contribution < 1.29 is 9.47 Å². The molecule has 4 heterocycles. The molecule has 0 spiro atoms. The van der Waals surface area contributed by atoms with E-state index < -0.39 is 0 Å². The monoisotopic (exact) mass is 422 g/mol. The maximum absolute atomic E-state index is 5.54. The van der Waals surface area contributed by atoms with Gasteiger partial charge in [0.05, 0.1) is 26.4 Å². The van der Waals surface area contributed by atoms with Gasteiger partial charge in [0.2, 0.25) is 0 Å². The lowest BCUT2D eigenvalue weighted by Gasteiger charge is -2.31. The van der Waals surface area contributed by atoms with Crippen LogP contribution in [-0.2, 0) is 9.47 Å². The molecule has 2 fully saturated rings. The fourth-order valence-corrected chi connectivity index (χ4v) is 4.45. The maximum atomic E-state index is 5.54. The Labute approximate surface area is 173 Å². The molecular formula is C18H26N6O2S2. The summed E-state index contributed by atoms with van der Waals surface area (Å²) in [6.45, 7) is 10.3. The minimum Gasteiger partial charge on any atom is -0.378 e. The summed E-state index contributed by atoms with van der Waals surface area (Å²) < 4.78 is 11.1. The number of morpholine rings is 2. The molecule has 4 rings (SSSR count). The second kappa shape index (κ2) is 9.43. The van der Waals surface area contributed by atoms with Gasteiger partial charge in [0.1, 0.15) is 11.0 Å². The summed E-state index contributed by atoms with van der Waals surface area (Å²) in [5, 5.41) is 1.57. The van der Waals surface area contributed by atoms with Gasteiger partial charge in [-0.15, -0.1) is 0 Å². The Balaban J connectivity index is 1.89. The van der Waals surface area contributed by atoms with Crippen LogP contribution in [0, 0.1) is 0 Å². The highest BCUT2D eigenvalue weighted by atomic mass is 32.2. The standard InChI is InChI=1S/C18H26N6O2S2/c1-3-27-17-19-13-14(15(21-17)23-5-9-25-10-6-23)20-18(28-4-2)22-16(13)24-7-11-26-12-8-24/h3-12H2,1-2H3. The molecule has 28 heavy (non-hydrogen) atoms. The first-order valence-electron chi connectivity index (χ1n) is 9.81. The summed E-state index contributed by atoms with van der Waals surface area (Å²) in [4.78, 5) is 24.0. The molecule has 10 heteroatoms. The Bertz CT molecular complexity index is 745. The zero-order chi connectivity index (χ0) is 19.3. The summed E-state index contributed by atoms with van der Waals surface area (Å²) in [5.41, 5.74) is 1.68. The van der Waals surface area contributed by atoms with E-state index in [9.17, 15) is 0 Å². The van der Waals surface area contributed by atoms with E-state index in [4.69, 9.17) is 29.4 Å². The van der Waals surface area contributed by atoms with Crippen molar-refractivity contribution in [2.45, 2.75) is 24.2 Å². The van der Waals surface area contributed by atoms with Gasteiger partial charge in [-0.25, -0.2) is 19.9 Å². The highest BCUT2D eigenvalue weighted by molar-refractivity contribution is 7.99. The summed E-state index contributed by atoms with van der Waals surface area (Å²) in [6.07, 6.45) is 0. The summed E-state index contributed by atoms with van der Waals surface area (Å²) >= 11 is 3.31. The van der Waals surface area contributed by atoms with E-state index in [0.717, 1.165) is 70.7 Å². The number of hydrogen-bond acceptors (Lipinski definition) is 10. The number of hydrogen-bond donors (Lipinski definition) is 0. The molecule has 0 saturated carbocycles. The number of nitrogens with zero attached hydrogens (tertiary/aromatic N) is 6. The minimum absolute atomic E-state index is 0.708. The molecule has 0 radical (unpaired) electrons. The molecule has 0 aromatic carbocycles. The Morgan fingerprint density at radius 2 is 1.07 bits per heavy atom. The molecule has 0 bridgehead atoms. The van der Waals surface area contributed by atoms with Gasteiger partial charge in [-0.05, 0) is 11.5 Å². The lowest BCUT2D eigenvalue weighted by atomic mass is 10.3. The van der Waals surface area contributed by atoms with Crippen molar-refractivity contribution in [2.75, 3.05) is 73.9 Å². The molecule has 0 amide bonds. The van der Waals surface area contributed by atoms with Crippen LogP contribution in [0.2, 0.25) is 0 Å². The van der Waals surface area contributed by atoms with Crippen molar-refractivity contribution in [3.05, 3.63) is 0 Å². The van der Waals surface area contributed by atoms with Gasteiger partial charge in [-0.3, -0.25) is 0 Å². The number of ether oxygens (including phenoxy) is 2. The normalized spacial score (nSPS) is 18.1. The SMILES string of the molecule is CCSc1nc(N2CCOCC2)c2nc(SCC)nc(N3CCOCC3)c2n1. The second-order valence-corrected chi connectivity index (χ2v) is 8.88. The van der Waals surface area contributed by atoms with E-state index in [1.165, 1.54) is 0 Å². The lowest BCUT2D eigenvalue weighted by molar-refractivity contribution is 0.122. The highest BCUT2D eigenvalue weighted by Gasteiger charge is 2.24. The minimum atomic E-state index is 0.708. The first-order valence-corrected chi connectivity index (χ1v) is 11.8. The Kier molecular flexibility index (Phi) is 6.71. The van der Waals surface area contributed by atoms with Crippen LogP contribution in [0.5, 0.6) is 0 Å². The second-order valence-electron chi connectivity index (χ2n) is 6.42. The van der Waals surface area contributed by atoms with E-state index in [0.29, 0.717) is 26.4 Å². The van der Waals surface area contributed by atoms with Crippen LogP contribution >= 0.6 is 23.5 Å². The van der Waals surface area contributed by atoms with Gasteiger partial charge < -0.3 is 19.3 Å². The van der Waals surface area contributed by atoms with Crippen molar-refractivity contribution in [3.63, 3.8) is 0 Å². The summed E-state index contributed by atoms with van der Waals surface area (Å²) in [5.74, 6) is 3.65. The van der Waals surface area contributed by atoms with Gasteiger partial charge >= 0.3 is 0 Å². The van der Waals surface area contributed by atoms with Crippen molar-refractivity contribution >= 4 is 46.2 Å². The number of rotatable bonds is 6. The van der Waals surface area contributed by atoms with Crippen LogP contribution in [0.25, 0.3) is 11.0 Å². The Hall–Kier alpha value is -1.36. The fourth-order valence-electron chi connectivity index (χ4n) is 3.32. The topological polar surface area (TPSA) is 76.5 Å². The maximum Gasteiger partial charge on any atom is 0.190 e. The zero-order valence-electron chi connectivity index (χ0n) is 16.4. The third kappa shape index (κ3) is 4.29. The summed E-state index contributed by atoms with van der Waals surface area (Å²) in [7, 11) is 0. The van der Waals surface area contributed by atoms with E-state index in [-0.39, 0.29) is 0 Å². The molecule has 0 N–H and O–H groups in total. The van der Waals surface area contributed by atoms with E-state index in [1.54, 1.807) is 23.5 Å². The van der Waals surface area contributed by atoms with E-state index in [2.05, 4.69) is 23.6 Å². The quantitative estimate of drug-likeness (QED) is 0.511. The van der Waals surface area contributed by atoms with E-state index >= 15 is 0 Å². The number of aromatic nitrogens is 4. The first-order chi connectivity index (χ1) is 13.8. The van der Waals surface area contributed by atoms with Crippen molar-refractivity contribution in [1.82, 2.24) is 19.9 Å². The summed E-state index contributed by atoms with van der Waals surface area (Å²) in [6, 6.07) is 0. The molecular weight excluding hydrogens is 396 g/mol. The van der Waals surface area contributed by atoms with Crippen LogP contribution in [0.1, 0.15) is 13.8 Å². The molecule has 2 aliphatic rings. The highest BCUT2D eigenvalue weighted by Crippen LogP contribution is 2.33. The molecule has 2 aromatic rings. The lowest BCUT2D eigenvalue weighted by Crippen LogP contribution is -2.38. The molecule has 2 aromatic heterocycles. The third-order valence-corrected chi connectivity index (χ3v) is 6.09. The average molecular weight is 423 g/mol. The molecule has 2 saturated heterocycles. The predicted molar refractivity (Wildman–Crippen MR) is 114 cm³/mol. The van der Waals surface area contributed by atoms with Gasteiger partial charge in [-0.2, -0.15) is 0 Å². The predicted octanol–water partition coefficient (Wildman–Crippen LogP) is 2.32. The molecule has 0 aliphatic carbocycles. The molecule has 2 aliphatic heterocycles. The zero-order valence-corrected chi connectivity index (χ0v) is 18.0. The van der Waals surface area contributed by atoms with Gasteiger partial charge in [-0.1, -0.05) is 37.4 Å². The van der Waals surface area contributed by atoms with E-state index in [1.807, 2.05) is 0 Å². The number of fused-ring (bicyclic) bond motifs is 1. The third-order valence-electron chi connectivity index (χ3n) is 4.63. The van der Waals surface area contributed by atoms with Crippen molar-refractivity contribution in [1.29, 1.82) is 0 Å². The van der Waals surface area contributed by atoms with Gasteiger partial charge in [0.25, 0.3) is 0 Å². The molecule has 0 atom stereocenters. The Morgan fingerprint density at radius 1 is 0.679 bits per heavy atom. The van der Waals surface area contributed by atoms with Crippen LogP contribution in [-0.4, -0.2) is 84.0 Å². The van der Waals surface area contributed by atoms with Crippen molar-refractivity contribution in [2.24, 2.45) is 0 Å². The molecule has 152 valence electrons. The van der Waals surface area contributed by atoms with Crippen LogP contribution in [0.4, 0.5) is 11.6 Å². The average Bonchev–Trinajstić information content (AvgIpc) is 2.75. The first kappa shape index (κ1) is 19.9. The van der Waals surface area contributed by atoms with Gasteiger partial charge in [0.15, 0.2) is 21.9 Å². The number of anilines is 2. The van der Waals surface area contributed by atoms with Crippen molar-refractivity contribution in [3.8, 4) is 0 Å². The largest absolute Gasteiger partial charge is 0.378 e. The molecule has 8 nitrogen and oxygen atoms in total. The fraction of sp³-hybridized carbons (Fsp3) is 0.667. The van der Waals surface area contributed by atoms with Crippen LogP contribution < -0.4 is 9.80 Å². The van der Waals surface area contributed by atoms with Gasteiger partial charge in [0, 0.05) is 26.2 Å². The Morgan fingerprint density at radius 3 is 1.43 bits per heavy atom. The smallest absolute Gasteiger partial charge is 0.190 e. The van der Waals surface area contributed by atoms with Crippen LogP contribution in [0.15, 0.2) is 10.3 Å². The molecule has 0 unspecified atom stereocenters. The number of thioether (sulfide) groups is 2.